The van der Waals surface area contributed by atoms with E-state index in [1.54, 1.807) is 0 Å². The predicted octanol–water partition coefficient (Wildman–Crippen LogP) is 2.73. The Morgan fingerprint density at radius 3 is 2.71 bits per heavy atom. The molecule has 3 heteroatoms. The van der Waals surface area contributed by atoms with Gasteiger partial charge in [0.2, 0.25) is 0 Å². The molecule has 2 aliphatic rings. The average Bonchev–Trinajstić information content (AvgIpc) is 2.87. The molecular weight excluding hydrogens is 228 g/mol. The average molecular weight is 256 g/mol. The van der Waals surface area contributed by atoms with E-state index in [9.17, 15) is 0 Å². The summed E-state index contributed by atoms with van der Waals surface area (Å²) in [4.78, 5) is 2.79. The summed E-state index contributed by atoms with van der Waals surface area (Å²) in [5, 5.41) is 4.66. The molecule has 0 spiro atoms. The molecular formula is C14H28N2S. The smallest absolute Gasteiger partial charge is 0.0304 e. The monoisotopic (exact) mass is 256 g/mol. The van der Waals surface area contributed by atoms with Crippen molar-refractivity contribution in [2.24, 2.45) is 0 Å². The summed E-state index contributed by atoms with van der Waals surface area (Å²) >= 11 is 2.09. The van der Waals surface area contributed by atoms with E-state index >= 15 is 0 Å². The minimum absolute atomic E-state index is 0.393. The van der Waals surface area contributed by atoms with Crippen LogP contribution in [0, 0.1) is 0 Å². The van der Waals surface area contributed by atoms with E-state index in [1.807, 2.05) is 0 Å². The summed E-state index contributed by atoms with van der Waals surface area (Å²) in [5.41, 5.74) is 0.393. The Hall–Kier alpha value is 0.270. The SMILES string of the molecule is CCC1(CC)CN(C2CCCC2SC)CCN1. The van der Waals surface area contributed by atoms with Crippen molar-refractivity contribution >= 4 is 11.8 Å². The van der Waals surface area contributed by atoms with Gasteiger partial charge in [0, 0.05) is 36.5 Å². The fraction of sp³-hybridized carbons (Fsp3) is 1.00. The van der Waals surface area contributed by atoms with Crippen molar-refractivity contribution < 1.29 is 0 Å². The van der Waals surface area contributed by atoms with Crippen molar-refractivity contribution in [3.63, 3.8) is 0 Å². The topological polar surface area (TPSA) is 15.3 Å². The minimum atomic E-state index is 0.393. The molecule has 1 saturated carbocycles. The van der Waals surface area contributed by atoms with Gasteiger partial charge >= 0.3 is 0 Å². The number of hydrogen-bond donors (Lipinski definition) is 1. The second-order valence-electron chi connectivity index (χ2n) is 5.66. The van der Waals surface area contributed by atoms with Gasteiger partial charge < -0.3 is 5.32 Å². The van der Waals surface area contributed by atoms with Crippen molar-refractivity contribution in [2.45, 2.75) is 62.8 Å². The minimum Gasteiger partial charge on any atom is -0.309 e. The standard InChI is InChI=1S/C14H28N2S/c1-4-14(5-2)11-16(10-9-15-14)12-7-6-8-13(12)17-3/h12-13,15H,4-11H2,1-3H3. The Morgan fingerprint density at radius 2 is 2.06 bits per heavy atom. The maximum atomic E-state index is 3.77. The zero-order valence-electron chi connectivity index (χ0n) is 11.7. The second kappa shape index (κ2) is 5.94. The van der Waals surface area contributed by atoms with Crippen molar-refractivity contribution in [3.8, 4) is 0 Å². The molecule has 2 atom stereocenters. The van der Waals surface area contributed by atoms with Gasteiger partial charge in [-0.2, -0.15) is 11.8 Å². The number of thioether (sulfide) groups is 1. The Kier molecular flexibility index (Phi) is 4.79. The normalized spacial score (nSPS) is 34.1. The number of hydrogen-bond acceptors (Lipinski definition) is 3. The molecule has 0 aromatic carbocycles. The largest absolute Gasteiger partial charge is 0.309 e. The third-order valence-corrected chi connectivity index (χ3v) is 6.10. The predicted molar refractivity (Wildman–Crippen MR) is 77.8 cm³/mol. The fourth-order valence-electron chi connectivity index (χ4n) is 3.59. The highest BCUT2D eigenvalue weighted by molar-refractivity contribution is 7.99. The zero-order valence-corrected chi connectivity index (χ0v) is 12.5. The molecule has 2 fully saturated rings. The van der Waals surface area contributed by atoms with Crippen molar-refractivity contribution in [2.75, 3.05) is 25.9 Å². The molecule has 100 valence electrons. The van der Waals surface area contributed by atoms with Crippen LogP contribution in [0.4, 0.5) is 0 Å². The molecule has 1 aliphatic heterocycles. The highest BCUT2D eigenvalue weighted by Crippen LogP contribution is 2.34. The number of piperazine rings is 1. The van der Waals surface area contributed by atoms with Crippen LogP contribution in [0.2, 0.25) is 0 Å². The van der Waals surface area contributed by atoms with Gasteiger partial charge in [-0.25, -0.2) is 0 Å². The van der Waals surface area contributed by atoms with E-state index in [4.69, 9.17) is 0 Å². The van der Waals surface area contributed by atoms with Crippen molar-refractivity contribution in [1.82, 2.24) is 10.2 Å². The molecule has 0 aromatic rings. The number of nitrogens with zero attached hydrogens (tertiary/aromatic N) is 1. The maximum Gasteiger partial charge on any atom is 0.0304 e. The summed E-state index contributed by atoms with van der Waals surface area (Å²) in [6.07, 6.45) is 9.10. The first-order chi connectivity index (χ1) is 8.24. The molecule has 2 nitrogen and oxygen atoms in total. The van der Waals surface area contributed by atoms with Crippen LogP contribution in [0.25, 0.3) is 0 Å². The Balaban J connectivity index is 2.01. The molecule has 1 saturated heterocycles. The van der Waals surface area contributed by atoms with Gasteiger partial charge in [0.25, 0.3) is 0 Å². The van der Waals surface area contributed by atoms with Gasteiger partial charge in [-0.15, -0.1) is 0 Å². The lowest BCUT2D eigenvalue weighted by Crippen LogP contribution is -2.62. The van der Waals surface area contributed by atoms with Gasteiger partial charge in [-0.1, -0.05) is 20.3 Å². The van der Waals surface area contributed by atoms with Crippen LogP contribution in [0.1, 0.15) is 46.0 Å². The van der Waals surface area contributed by atoms with Gasteiger partial charge in [-0.05, 0) is 31.9 Å². The molecule has 1 N–H and O–H groups in total. The van der Waals surface area contributed by atoms with E-state index in [0.29, 0.717) is 5.54 Å². The maximum absolute atomic E-state index is 3.77. The zero-order chi connectivity index (χ0) is 12.3. The lowest BCUT2D eigenvalue weighted by Gasteiger charge is -2.46. The molecule has 0 amide bonds. The first-order valence-electron chi connectivity index (χ1n) is 7.26. The van der Waals surface area contributed by atoms with Crippen LogP contribution < -0.4 is 5.32 Å². The molecule has 2 rings (SSSR count). The van der Waals surface area contributed by atoms with Crippen molar-refractivity contribution in [3.05, 3.63) is 0 Å². The fourth-order valence-corrected chi connectivity index (χ4v) is 4.62. The summed E-state index contributed by atoms with van der Waals surface area (Å²) in [7, 11) is 0. The van der Waals surface area contributed by atoms with E-state index in [2.05, 4.69) is 42.1 Å². The summed E-state index contributed by atoms with van der Waals surface area (Å²) in [6, 6.07) is 0.851. The second-order valence-corrected chi connectivity index (χ2v) is 6.73. The van der Waals surface area contributed by atoms with Gasteiger partial charge in [0.05, 0.1) is 0 Å². The third kappa shape index (κ3) is 2.82. The summed E-state index contributed by atoms with van der Waals surface area (Å²) in [5.74, 6) is 0. The Bertz CT molecular complexity index is 240. The third-order valence-electron chi connectivity index (χ3n) is 4.95. The molecule has 1 heterocycles. The highest BCUT2D eigenvalue weighted by Gasteiger charge is 2.38. The van der Waals surface area contributed by atoms with Crippen molar-refractivity contribution in [1.29, 1.82) is 0 Å². The first-order valence-corrected chi connectivity index (χ1v) is 8.55. The highest BCUT2D eigenvalue weighted by atomic mass is 32.2. The summed E-state index contributed by atoms with van der Waals surface area (Å²) in [6.45, 7) is 8.37. The lowest BCUT2D eigenvalue weighted by molar-refractivity contribution is 0.0895. The molecule has 17 heavy (non-hydrogen) atoms. The Labute approximate surface area is 111 Å². The molecule has 2 unspecified atom stereocenters. The van der Waals surface area contributed by atoms with Crippen LogP contribution in [0.3, 0.4) is 0 Å². The molecule has 1 aliphatic carbocycles. The number of rotatable bonds is 4. The van der Waals surface area contributed by atoms with Gasteiger partial charge in [0.15, 0.2) is 0 Å². The molecule has 0 bridgehead atoms. The lowest BCUT2D eigenvalue weighted by atomic mass is 9.89. The quantitative estimate of drug-likeness (QED) is 0.832. The van der Waals surface area contributed by atoms with Crippen LogP contribution >= 0.6 is 11.8 Å². The number of nitrogens with one attached hydrogen (secondary N) is 1. The molecule has 0 aromatic heterocycles. The van der Waals surface area contributed by atoms with Crippen LogP contribution in [0.15, 0.2) is 0 Å². The van der Waals surface area contributed by atoms with Gasteiger partial charge in [-0.3, -0.25) is 4.90 Å². The van der Waals surface area contributed by atoms with E-state index < -0.39 is 0 Å². The summed E-state index contributed by atoms with van der Waals surface area (Å²) < 4.78 is 0. The van der Waals surface area contributed by atoms with E-state index in [-0.39, 0.29) is 0 Å². The molecule has 0 radical (unpaired) electrons. The van der Waals surface area contributed by atoms with Crippen LogP contribution in [0.5, 0.6) is 0 Å². The van der Waals surface area contributed by atoms with Crippen LogP contribution in [-0.4, -0.2) is 47.6 Å². The first kappa shape index (κ1) is 13.7. The van der Waals surface area contributed by atoms with E-state index in [0.717, 1.165) is 11.3 Å². The van der Waals surface area contributed by atoms with Gasteiger partial charge in [0.1, 0.15) is 0 Å². The van der Waals surface area contributed by atoms with E-state index in [1.165, 1.54) is 51.7 Å². The Morgan fingerprint density at radius 1 is 1.29 bits per heavy atom. The van der Waals surface area contributed by atoms with Crippen LogP contribution in [-0.2, 0) is 0 Å².